The molecule has 5 heteroatoms. The van der Waals surface area contributed by atoms with Crippen LogP contribution in [0.1, 0.15) is 29.6 Å². The number of rotatable bonds is 8. The molecule has 0 bridgehead atoms. The normalized spacial score (nSPS) is 11.7. The van der Waals surface area contributed by atoms with Crippen molar-refractivity contribution < 1.29 is 14.7 Å². The van der Waals surface area contributed by atoms with Crippen molar-refractivity contribution in [3.8, 4) is 11.1 Å². The highest BCUT2D eigenvalue weighted by molar-refractivity contribution is 5.94. The molecule has 0 fully saturated rings. The van der Waals surface area contributed by atoms with Crippen LogP contribution in [-0.4, -0.2) is 29.6 Å². The van der Waals surface area contributed by atoms with Crippen LogP contribution in [0.25, 0.3) is 11.1 Å². The highest BCUT2D eigenvalue weighted by atomic mass is 16.4. The van der Waals surface area contributed by atoms with Crippen molar-refractivity contribution in [3.05, 3.63) is 60.2 Å². The van der Waals surface area contributed by atoms with Gasteiger partial charge >= 0.3 is 5.97 Å². The first-order valence-corrected chi connectivity index (χ1v) is 8.00. The average Bonchev–Trinajstić information content (AvgIpc) is 2.62. The van der Waals surface area contributed by atoms with Gasteiger partial charge in [0.2, 0.25) is 0 Å². The van der Waals surface area contributed by atoms with Gasteiger partial charge in [-0.15, -0.1) is 0 Å². The van der Waals surface area contributed by atoms with Gasteiger partial charge in [0.15, 0.2) is 0 Å². The Balaban J connectivity index is 1.78. The number of amides is 1. The monoisotopic (exact) mass is 326 g/mol. The molecule has 24 heavy (non-hydrogen) atoms. The number of carboxylic acids is 1. The van der Waals surface area contributed by atoms with E-state index in [4.69, 9.17) is 10.8 Å². The Bertz CT molecular complexity index is 669. The molecule has 1 amide bonds. The highest BCUT2D eigenvalue weighted by Crippen LogP contribution is 2.19. The number of nitrogens with two attached hydrogens (primary N) is 1. The number of aliphatic carboxylic acids is 1. The van der Waals surface area contributed by atoms with Crippen LogP contribution in [0.5, 0.6) is 0 Å². The lowest BCUT2D eigenvalue weighted by atomic mass is 10.0. The standard InChI is InChI=1S/C19H22N2O3/c20-17(19(23)24)8-4-5-13-21-18(22)16-11-9-15(10-12-16)14-6-2-1-3-7-14/h1-3,6-7,9-12,17H,4-5,8,13,20H2,(H,21,22)(H,23,24)/t17-/m1/s1. The van der Waals surface area contributed by atoms with Crippen molar-refractivity contribution in [2.75, 3.05) is 6.54 Å². The molecule has 5 nitrogen and oxygen atoms in total. The molecule has 0 spiro atoms. The third-order valence-electron chi connectivity index (χ3n) is 3.80. The van der Waals surface area contributed by atoms with Gasteiger partial charge in [0.25, 0.3) is 5.91 Å². The number of nitrogens with one attached hydrogen (secondary N) is 1. The quantitative estimate of drug-likeness (QED) is 0.650. The van der Waals surface area contributed by atoms with Gasteiger partial charge in [-0.2, -0.15) is 0 Å². The molecule has 2 aromatic carbocycles. The summed E-state index contributed by atoms with van der Waals surface area (Å²) in [5, 5.41) is 11.5. The Morgan fingerprint density at radius 2 is 1.58 bits per heavy atom. The second-order valence-corrected chi connectivity index (χ2v) is 5.64. The summed E-state index contributed by atoms with van der Waals surface area (Å²) in [5.74, 6) is -1.12. The molecule has 0 saturated carbocycles. The molecule has 0 aliphatic heterocycles. The van der Waals surface area contributed by atoms with E-state index in [1.54, 1.807) is 12.1 Å². The van der Waals surface area contributed by atoms with Gasteiger partial charge in [-0.25, -0.2) is 0 Å². The zero-order valence-corrected chi connectivity index (χ0v) is 13.4. The number of carbonyl (C=O) groups is 2. The molecule has 126 valence electrons. The van der Waals surface area contributed by atoms with Crippen LogP contribution in [0.2, 0.25) is 0 Å². The van der Waals surface area contributed by atoms with Crippen LogP contribution in [0, 0.1) is 0 Å². The number of carboxylic acid groups (broad SMARTS) is 1. The fourth-order valence-corrected chi connectivity index (χ4v) is 2.36. The molecule has 1 atom stereocenters. The predicted octanol–water partition coefficient (Wildman–Crippen LogP) is 2.67. The second-order valence-electron chi connectivity index (χ2n) is 5.64. The third kappa shape index (κ3) is 5.21. The van der Waals surface area contributed by atoms with Crippen molar-refractivity contribution in [2.24, 2.45) is 5.73 Å². The zero-order valence-electron chi connectivity index (χ0n) is 13.4. The summed E-state index contributed by atoms with van der Waals surface area (Å²) in [7, 11) is 0. The molecule has 2 aromatic rings. The molecule has 0 aliphatic rings. The molecule has 0 radical (unpaired) electrons. The Labute approximate surface area is 141 Å². The van der Waals surface area contributed by atoms with E-state index in [-0.39, 0.29) is 5.91 Å². The van der Waals surface area contributed by atoms with Gasteiger partial charge in [-0.3, -0.25) is 9.59 Å². The van der Waals surface area contributed by atoms with Gasteiger partial charge in [-0.05, 0) is 42.5 Å². The number of hydrogen-bond acceptors (Lipinski definition) is 3. The van der Waals surface area contributed by atoms with E-state index in [0.29, 0.717) is 31.4 Å². The molecule has 0 unspecified atom stereocenters. The molecule has 2 rings (SSSR count). The van der Waals surface area contributed by atoms with Crippen LogP contribution in [0.15, 0.2) is 54.6 Å². The second kappa shape index (κ2) is 8.84. The van der Waals surface area contributed by atoms with E-state index in [0.717, 1.165) is 11.1 Å². The summed E-state index contributed by atoms with van der Waals surface area (Å²) in [6, 6.07) is 16.6. The molecule has 0 saturated heterocycles. The number of carbonyl (C=O) groups excluding carboxylic acids is 1. The number of hydrogen-bond donors (Lipinski definition) is 3. The number of unbranched alkanes of at least 4 members (excludes halogenated alkanes) is 1. The molecular formula is C19H22N2O3. The minimum Gasteiger partial charge on any atom is -0.480 e. The van der Waals surface area contributed by atoms with E-state index in [1.807, 2.05) is 42.5 Å². The SMILES string of the molecule is N[C@H](CCCCNC(=O)c1ccc(-c2ccccc2)cc1)C(=O)O. The largest absolute Gasteiger partial charge is 0.480 e. The first-order chi connectivity index (χ1) is 11.6. The lowest BCUT2D eigenvalue weighted by molar-refractivity contribution is -0.138. The fraction of sp³-hybridized carbons (Fsp3) is 0.263. The lowest BCUT2D eigenvalue weighted by Crippen LogP contribution is -2.30. The molecular weight excluding hydrogens is 304 g/mol. The molecule has 0 aliphatic carbocycles. The first-order valence-electron chi connectivity index (χ1n) is 8.00. The minimum absolute atomic E-state index is 0.128. The van der Waals surface area contributed by atoms with Crippen LogP contribution >= 0.6 is 0 Å². The molecule has 0 aromatic heterocycles. The van der Waals surface area contributed by atoms with E-state index >= 15 is 0 Å². The lowest BCUT2D eigenvalue weighted by Gasteiger charge is -2.08. The topological polar surface area (TPSA) is 92.4 Å². The fourth-order valence-electron chi connectivity index (χ4n) is 2.36. The third-order valence-corrected chi connectivity index (χ3v) is 3.80. The summed E-state index contributed by atoms with van der Waals surface area (Å²) >= 11 is 0. The summed E-state index contributed by atoms with van der Waals surface area (Å²) in [6.45, 7) is 0.506. The van der Waals surface area contributed by atoms with Gasteiger partial charge in [0, 0.05) is 12.1 Å². The molecule has 0 heterocycles. The Hall–Kier alpha value is -2.66. The maximum absolute atomic E-state index is 12.1. The molecule has 4 N–H and O–H groups in total. The smallest absolute Gasteiger partial charge is 0.320 e. The van der Waals surface area contributed by atoms with E-state index in [2.05, 4.69) is 5.32 Å². The Kier molecular flexibility index (Phi) is 6.51. The summed E-state index contributed by atoms with van der Waals surface area (Å²) in [5.41, 5.74) is 8.21. The van der Waals surface area contributed by atoms with Crippen LogP contribution in [0.4, 0.5) is 0 Å². The average molecular weight is 326 g/mol. The van der Waals surface area contributed by atoms with Gasteiger partial charge < -0.3 is 16.2 Å². The highest BCUT2D eigenvalue weighted by Gasteiger charge is 2.10. The van der Waals surface area contributed by atoms with Crippen LogP contribution in [-0.2, 0) is 4.79 Å². The van der Waals surface area contributed by atoms with Crippen molar-refractivity contribution in [2.45, 2.75) is 25.3 Å². The van der Waals surface area contributed by atoms with Gasteiger partial charge in [0.1, 0.15) is 6.04 Å². The van der Waals surface area contributed by atoms with Crippen molar-refractivity contribution >= 4 is 11.9 Å². The number of benzene rings is 2. The first kappa shape index (κ1) is 17.7. The zero-order chi connectivity index (χ0) is 17.4. The van der Waals surface area contributed by atoms with E-state index in [9.17, 15) is 9.59 Å². The van der Waals surface area contributed by atoms with Gasteiger partial charge in [0.05, 0.1) is 0 Å². The summed E-state index contributed by atoms with van der Waals surface area (Å²) in [4.78, 5) is 22.7. The maximum atomic E-state index is 12.1. The van der Waals surface area contributed by atoms with E-state index in [1.165, 1.54) is 0 Å². The van der Waals surface area contributed by atoms with Crippen molar-refractivity contribution in [1.82, 2.24) is 5.32 Å². The van der Waals surface area contributed by atoms with E-state index < -0.39 is 12.0 Å². The summed E-state index contributed by atoms with van der Waals surface area (Å²) in [6.07, 6.45) is 1.78. The summed E-state index contributed by atoms with van der Waals surface area (Å²) < 4.78 is 0. The Morgan fingerprint density at radius 1 is 0.958 bits per heavy atom. The van der Waals surface area contributed by atoms with Crippen LogP contribution in [0.3, 0.4) is 0 Å². The van der Waals surface area contributed by atoms with Crippen LogP contribution < -0.4 is 11.1 Å². The van der Waals surface area contributed by atoms with Crippen molar-refractivity contribution in [3.63, 3.8) is 0 Å². The Morgan fingerprint density at radius 3 is 2.21 bits per heavy atom. The maximum Gasteiger partial charge on any atom is 0.320 e. The van der Waals surface area contributed by atoms with Crippen molar-refractivity contribution in [1.29, 1.82) is 0 Å². The predicted molar refractivity (Wildman–Crippen MR) is 93.7 cm³/mol. The van der Waals surface area contributed by atoms with Gasteiger partial charge in [-0.1, -0.05) is 42.5 Å². The minimum atomic E-state index is -0.988.